The van der Waals surface area contributed by atoms with E-state index in [-0.39, 0.29) is 25.7 Å². The van der Waals surface area contributed by atoms with Gasteiger partial charge in [-0.3, -0.25) is 37.3 Å². The van der Waals surface area contributed by atoms with Crippen LogP contribution < -0.4 is 0 Å². The van der Waals surface area contributed by atoms with Gasteiger partial charge in [0.25, 0.3) is 0 Å². The minimum atomic E-state index is -4.94. The highest BCUT2D eigenvalue weighted by Gasteiger charge is 2.30. The summed E-state index contributed by atoms with van der Waals surface area (Å²) in [5.41, 5.74) is 0. The third-order valence-corrected chi connectivity index (χ3v) is 16.8. The molecule has 0 rings (SSSR count). The van der Waals surface area contributed by atoms with E-state index in [9.17, 15) is 43.2 Å². The molecule has 0 aromatic carbocycles. The second-order valence-corrected chi connectivity index (χ2v) is 26.2. The number of hydrogen-bond acceptors (Lipinski definition) is 15. The lowest BCUT2D eigenvalue weighted by Gasteiger charge is -2.21. The number of unbranched alkanes of at least 4 members (excludes halogenated alkanes) is 21. The minimum Gasteiger partial charge on any atom is -0.462 e. The van der Waals surface area contributed by atoms with Crippen LogP contribution in [0.25, 0.3) is 0 Å². The lowest BCUT2D eigenvalue weighted by atomic mass is 10.00. The zero-order valence-electron chi connectivity index (χ0n) is 51.7. The number of aliphatic hydroxyl groups is 1. The van der Waals surface area contributed by atoms with Gasteiger partial charge in [0, 0.05) is 25.7 Å². The molecule has 0 amide bonds. The maximum atomic E-state index is 12.9. The van der Waals surface area contributed by atoms with Crippen LogP contribution in [0.3, 0.4) is 0 Å². The molecule has 474 valence electrons. The van der Waals surface area contributed by atoms with E-state index in [1.54, 1.807) is 0 Å². The van der Waals surface area contributed by atoms with E-state index in [4.69, 9.17) is 37.0 Å². The number of carbonyl (C=O) groups is 4. The number of ether oxygens (including phenoxy) is 4. The van der Waals surface area contributed by atoms with E-state index in [0.29, 0.717) is 31.6 Å². The first-order chi connectivity index (χ1) is 38.2. The van der Waals surface area contributed by atoms with Crippen molar-refractivity contribution in [1.29, 1.82) is 0 Å². The van der Waals surface area contributed by atoms with Gasteiger partial charge in [0.05, 0.1) is 26.4 Å². The van der Waals surface area contributed by atoms with Gasteiger partial charge in [0.15, 0.2) is 12.2 Å². The zero-order chi connectivity index (χ0) is 59.7. The third kappa shape index (κ3) is 51.7. The minimum absolute atomic E-state index is 0.101. The number of phosphoric ester groups is 2. The van der Waals surface area contributed by atoms with Crippen LogP contribution in [-0.4, -0.2) is 96.7 Å². The molecule has 0 aromatic rings. The van der Waals surface area contributed by atoms with Crippen molar-refractivity contribution < 1.29 is 80.2 Å². The first-order valence-electron chi connectivity index (χ1n) is 31.8. The van der Waals surface area contributed by atoms with Gasteiger partial charge in [-0.15, -0.1) is 0 Å². The molecule has 0 aliphatic heterocycles. The van der Waals surface area contributed by atoms with Crippen molar-refractivity contribution >= 4 is 39.5 Å². The van der Waals surface area contributed by atoms with Crippen molar-refractivity contribution in [1.82, 2.24) is 0 Å². The fraction of sp³-hybridized carbons (Fsp3) is 0.934. The van der Waals surface area contributed by atoms with Crippen LogP contribution in [0.2, 0.25) is 0 Å². The second kappa shape index (κ2) is 51.5. The van der Waals surface area contributed by atoms with Gasteiger partial charge < -0.3 is 33.8 Å². The molecule has 0 heterocycles. The number of aliphatic hydroxyl groups excluding tert-OH is 1. The fourth-order valence-corrected chi connectivity index (χ4v) is 10.4. The van der Waals surface area contributed by atoms with Crippen LogP contribution in [-0.2, 0) is 65.4 Å². The highest BCUT2D eigenvalue weighted by atomic mass is 31.2. The monoisotopic (exact) mass is 1180 g/mol. The molecule has 0 bridgehead atoms. The molecule has 0 saturated carbocycles. The van der Waals surface area contributed by atoms with E-state index >= 15 is 0 Å². The molecule has 8 atom stereocenters. The molecule has 19 heteroatoms. The quantitative estimate of drug-likeness (QED) is 0.0222. The molecule has 80 heavy (non-hydrogen) atoms. The van der Waals surface area contributed by atoms with Gasteiger partial charge in [-0.05, 0) is 49.4 Å². The summed E-state index contributed by atoms with van der Waals surface area (Å²) in [6, 6.07) is 0. The lowest BCUT2D eigenvalue weighted by Crippen LogP contribution is -2.30. The molecule has 0 aliphatic carbocycles. The summed E-state index contributed by atoms with van der Waals surface area (Å²) in [5.74, 6) is 0.727. The number of hydrogen-bond donors (Lipinski definition) is 3. The maximum Gasteiger partial charge on any atom is 0.472 e. The Morgan fingerprint density at radius 1 is 0.350 bits per heavy atom. The second-order valence-electron chi connectivity index (χ2n) is 23.3. The van der Waals surface area contributed by atoms with E-state index in [1.165, 1.54) is 77.0 Å². The Bertz CT molecular complexity index is 1620. The van der Waals surface area contributed by atoms with Gasteiger partial charge in [0.1, 0.15) is 19.3 Å². The van der Waals surface area contributed by atoms with E-state index in [2.05, 4.69) is 55.4 Å². The van der Waals surface area contributed by atoms with Crippen LogP contribution in [0.15, 0.2) is 0 Å². The molecular weight excluding hydrogens is 1070 g/mol. The topological polar surface area (TPSA) is 237 Å². The SMILES string of the molecule is CCC(C)CCCCCCCCC(=O)OC[C@H](COP(=O)(O)OC[C@H](O)COP(=O)(O)OC[C@@H](COC(=O)CCCCCCCCCC(C)C)OC(=O)CCCCCCCCC(C)CC)OC(=O)CCCCCCCCC(C)CC. The highest BCUT2D eigenvalue weighted by molar-refractivity contribution is 7.47. The molecule has 3 N–H and O–H groups in total. The Morgan fingerprint density at radius 3 is 0.887 bits per heavy atom. The smallest absolute Gasteiger partial charge is 0.462 e. The van der Waals surface area contributed by atoms with Crippen LogP contribution in [0, 0.1) is 23.7 Å². The van der Waals surface area contributed by atoms with Gasteiger partial charge >= 0.3 is 39.5 Å². The van der Waals surface area contributed by atoms with Crippen molar-refractivity contribution in [3.05, 3.63) is 0 Å². The summed E-state index contributed by atoms with van der Waals surface area (Å²) >= 11 is 0. The first-order valence-corrected chi connectivity index (χ1v) is 34.8. The van der Waals surface area contributed by atoms with Gasteiger partial charge in [-0.1, -0.05) is 235 Å². The summed E-state index contributed by atoms with van der Waals surface area (Å²) in [7, 11) is -9.88. The summed E-state index contributed by atoms with van der Waals surface area (Å²) in [6.45, 7) is 13.9. The first kappa shape index (κ1) is 78.1. The van der Waals surface area contributed by atoms with Crippen molar-refractivity contribution in [2.24, 2.45) is 23.7 Å². The third-order valence-electron chi connectivity index (χ3n) is 14.9. The molecule has 0 aromatic heterocycles. The maximum absolute atomic E-state index is 12.9. The molecule has 17 nitrogen and oxygen atoms in total. The molecular formula is C61H118O17P2. The van der Waals surface area contributed by atoms with Crippen molar-refractivity contribution in [3.63, 3.8) is 0 Å². The largest absolute Gasteiger partial charge is 0.472 e. The predicted octanol–water partition coefficient (Wildman–Crippen LogP) is 16.2. The summed E-state index contributed by atoms with van der Waals surface area (Å²) in [6.07, 6.45) is 29.5. The van der Waals surface area contributed by atoms with Crippen LogP contribution in [0.5, 0.6) is 0 Å². The number of phosphoric acid groups is 2. The number of rotatable bonds is 58. The highest BCUT2D eigenvalue weighted by Crippen LogP contribution is 2.45. The Balaban J connectivity index is 5.27. The van der Waals surface area contributed by atoms with Gasteiger partial charge in [-0.2, -0.15) is 0 Å². The van der Waals surface area contributed by atoms with Crippen molar-refractivity contribution in [3.8, 4) is 0 Å². The average Bonchev–Trinajstić information content (AvgIpc) is 3.42. The molecule has 0 aliphatic rings. The molecule has 0 fully saturated rings. The van der Waals surface area contributed by atoms with Crippen LogP contribution in [0.4, 0.5) is 0 Å². The van der Waals surface area contributed by atoms with E-state index < -0.39 is 97.5 Å². The average molecular weight is 1190 g/mol. The molecule has 0 radical (unpaired) electrons. The van der Waals surface area contributed by atoms with Gasteiger partial charge in [-0.25, -0.2) is 9.13 Å². The Labute approximate surface area is 486 Å². The van der Waals surface area contributed by atoms with E-state index in [1.807, 2.05) is 0 Å². The summed E-state index contributed by atoms with van der Waals surface area (Å²) in [5, 5.41) is 10.5. The van der Waals surface area contributed by atoms with Crippen molar-refractivity contribution in [2.45, 2.75) is 305 Å². The number of carbonyl (C=O) groups excluding carboxylic acids is 4. The van der Waals surface area contributed by atoms with Crippen molar-refractivity contribution in [2.75, 3.05) is 39.6 Å². The van der Waals surface area contributed by atoms with E-state index in [0.717, 1.165) is 120 Å². The molecule has 0 spiro atoms. The van der Waals surface area contributed by atoms with Crippen LogP contribution in [0.1, 0.15) is 287 Å². The van der Waals surface area contributed by atoms with Crippen LogP contribution >= 0.6 is 15.6 Å². The Kier molecular flexibility index (Phi) is 50.2. The van der Waals surface area contributed by atoms with Gasteiger partial charge in [0.2, 0.25) is 0 Å². The lowest BCUT2D eigenvalue weighted by molar-refractivity contribution is -0.161. The standard InChI is InChI=1S/C61H118O17P2/c1-9-52(6)38-30-22-15-18-26-34-42-59(64)72-48-57(78-61(66)44-36-28-20-17-24-32-40-54(8)11-3)50-76-80(69,70)74-46-55(62)45-73-79(67,68)75-49-56(77-60(65)43-35-27-19-16-23-31-39-53(7)10-2)47-71-58(63)41-33-25-14-12-13-21-29-37-51(4)5/h51-57,62H,9-50H2,1-8H3,(H,67,68)(H,69,70)/t52?,53?,54?,55-,56-,57-/m1/s1. The summed E-state index contributed by atoms with van der Waals surface area (Å²) < 4.78 is 67.8. The molecule has 0 saturated heterocycles. The summed E-state index contributed by atoms with van der Waals surface area (Å²) in [4.78, 5) is 72.0. The molecule has 5 unspecified atom stereocenters. The Morgan fingerprint density at radius 2 is 0.600 bits per heavy atom. The predicted molar refractivity (Wildman–Crippen MR) is 317 cm³/mol. The normalized spacial score (nSPS) is 15.6. The fourth-order valence-electron chi connectivity index (χ4n) is 8.80. The number of esters is 4. The zero-order valence-corrected chi connectivity index (χ0v) is 53.5. The Hall–Kier alpha value is -1.94.